The van der Waals surface area contributed by atoms with Crippen molar-refractivity contribution in [1.29, 1.82) is 0 Å². The molecule has 6 heteroatoms. The number of benzene rings is 1. The van der Waals surface area contributed by atoms with E-state index in [1.54, 1.807) is 0 Å². The number of halogens is 2. The molecule has 2 aliphatic rings. The molecule has 2 fully saturated rings. The van der Waals surface area contributed by atoms with E-state index in [0.717, 1.165) is 6.54 Å². The highest BCUT2D eigenvalue weighted by atomic mass is 35.5. The van der Waals surface area contributed by atoms with E-state index >= 15 is 0 Å². The smallest absolute Gasteiger partial charge is 0.142 e. The first-order valence-corrected chi connectivity index (χ1v) is 8.06. The van der Waals surface area contributed by atoms with Gasteiger partial charge in [0.2, 0.25) is 0 Å². The van der Waals surface area contributed by atoms with Gasteiger partial charge in [-0.05, 0) is 25.0 Å². The summed E-state index contributed by atoms with van der Waals surface area (Å²) in [4.78, 5) is 2.29. The monoisotopic (exact) mass is 329 g/mol. The second-order valence-corrected chi connectivity index (χ2v) is 6.60. The number of aliphatic hydroxyl groups is 1. The maximum absolute atomic E-state index is 13.1. The molecule has 1 N–H and O–H groups in total. The predicted molar refractivity (Wildman–Crippen MR) is 81.9 cm³/mol. The SMILES string of the molecule is O[C@@]1(COc2ccc(F)c(Cl)c2)COCCN(C2CCC2)C1. The molecule has 0 radical (unpaired) electrons. The molecule has 0 unspecified atom stereocenters. The molecule has 4 nitrogen and oxygen atoms in total. The van der Waals surface area contributed by atoms with Crippen LogP contribution in [0.25, 0.3) is 0 Å². The third-order valence-corrected chi connectivity index (χ3v) is 4.67. The lowest BCUT2D eigenvalue weighted by atomic mass is 9.90. The van der Waals surface area contributed by atoms with Crippen molar-refractivity contribution in [2.24, 2.45) is 0 Å². The highest BCUT2D eigenvalue weighted by molar-refractivity contribution is 6.30. The average Bonchev–Trinajstić information content (AvgIpc) is 2.61. The van der Waals surface area contributed by atoms with Gasteiger partial charge in [-0.2, -0.15) is 0 Å². The minimum atomic E-state index is -1.06. The van der Waals surface area contributed by atoms with E-state index < -0.39 is 11.4 Å². The Morgan fingerprint density at radius 2 is 2.27 bits per heavy atom. The van der Waals surface area contributed by atoms with Gasteiger partial charge in [0.25, 0.3) is 0 Å². The highest BCUT2D eigenvalue weighted by Gasteiger charge is 2.37. The van der Waals surface area contributed by atoms with Gasteiger partial charge in [-0.1, -0.05) is 18.0 Å². The van der Waals surface area contributed by atoms with E-state index in [4.69, 9.17) is 21.1 Å². The number of hydrogen-bond acceptors (Lipinski definition) is 4. The minimum absolute atomic E-state index is 0.0118. The van der Waals surface area contributed by atoms with Gasteiger partial charge in [0, 0.05) is 25.2 Å². The molecule has 3 rings (SSSR count). The van der Waals surface area contributed by atoms with Crippen LogP contribution in [-0.2, 0) is 4.74 Å². The first-order valence-electron chi connectivity index (χ1n) is 7.68. The first kappa shape index (κ1) is 16.0. The van der Waals surface area contributed by atoms with Gasteiger partial charge < -0.3 is 14.6 Å². The Morgan fingerprint density at radius 3 is 2.95 bits per heavy atom. The predicted octanol–water partition coefficient (Wildman–Crippen LogP) is 2.47. The number of rotatable bonds is 4. The van der Waals surface area contributed by atoms with Crippen LogP contribution < -0.4 is 4.74 Å². The lowest BCUT2D eigenvalue weighted by Crippen LogP contribution is -2.52. The quantitative estimate of drug-likeness (QED) is 0.921. The van der Waals surface area contributed by atoms with Crippen LogP contribution in [0.5, 0.6) is 5.75 Å². The van der Waals surface area contributed by atoms with Gasteiger partial charge in [0.05, 0.1) is 18.2 Å². The normalized spacial score (nSPS) is 27.2. The van der Waals surface area contributed by atoms with E-state index in [1.807, 2.05) is 0 Å². The molecule has 1 saturated heterocycles. The number of ether oxygens (including phenoxy) is 2. The van der Waals surface area contributed by atoms with E-state index in [1.165, 1.54) is 37.5 Å². The van der Waals surface area contributed by atoms with Crippen molar-refractivity contribution < 1.29 is 19.0 Å². The zero-order chi connectivity index (χ0) is 15.6. The third-order valence-electron chi connectivity index (χ3n) is 4.38. The lowest BCUT2D eigenvalue weighted by molar-refractivity contribution is -0.0698. The summed E-state index contributed by atoms with van der Waals surface area (Å²) in [6, 6.07) is 4.73. The summed E-state index contributed by atoms with van der Waals surface area (Å²) in [7, 11) is 0. The second kappa shape index (κ2) is 6.71. The van der Waals surface area contributed by atoms with E-state index in [2.05, 4.69) is 4.90 Å². The fourth-order valence-electron chi connectivity index (χ4n) is 2.88. The first-order chi connectivity index (χ1) is 10.6. The molecule has 1 aromatic rings. The van der Waals surface area contributed by atoms with Gasteiger partial charge in [0.1, 0.15) is 23.8 Å². The Kier molecular flexibility index (Phi) is 4.88. The van der Waals surface area contributed by atoms with Crippen molar-refractivity contribution >= 4 is 11.6 Å². The summed E-state index contributed by atoms with van der Waals surface area (Å²) in [6.07, 6.45) is 3.63. The Hall–Kier alpha value is -0.880. The Morgan fingerprint density at radius 1 is 1.45 bits per heavy atom. The standard InChI is InChI=1S/C16H21ClFNO3/c17-14-8-13(4-5-15(14)18)22-11-16(20)9-19(6-7-21-10-16)12-2-1-3-12/h4-5,8,12,20H,1-3,6-7,9-11H2/t16-/m1/s1. The third kappa shape index (κ3) is 3.71. The number of hydrogen-bond donors (Lipinski definition) is 1. The van der Waals surface area contributed by atoms with Crippen LogP contribution >= 0.6 is 11.6 Å². The van der Waals surface area contributed by atoms with Gasteiger partial charge >= 0.3 is 0 Å². The largest absolute Gasteiger partial charge is 0.490 e. The summed E-state index contributed by atoms with van der Waals surface area (Å²) >= 11 is 5.74. The van der Waals surface area contributed by atoms with Gasteiger partial charge in [-0.25, -0.2) is 4.39 Å². The molecule has 0 aromatic heterocycles. The molecule has 0 amide bonds. The lowest BCUT2D eigenvalue weighted by Gasteiger charge is -2.39. The summed E-state index contributed by atoms with van der Waals surface area (Å²) in [5.41, 5.74) is -1.06. The molecular formula is C16H21ClFNO3. The van der Waals surface area contributed by atoms with E-state index in [9.17, 15) is 9.50 Å². The van der Waals surface area contributed by atoms with Crippen LogP contribution in [0.15, 0.2) is 18.2 Å². The van der Waals surface area contributed by atoms with Gasteiger partial charge in [-0.3, -0.25) is 4.90 Å². The second-order valence-electron chi connectivity index (χ2n) is 6.20. The van der Waals surface area contributed by atoms with Crippen molar-refractivity contribution in [1.82, 2.24) is 4.90 Å². The maximum atomic E-state index is 13.1. The van der Waals surface area contributed by atoms with Crippen LogP contribution in [0.3, 0.4) is 0 Å². The van der Waals surface area contributed by atoms with Gasteiger partial charge in [0.15, 0.2) is 0 Å². The van der Waals surface area contributed by atoms with Crippen LogP contribution in [0.2, 0.25) is 5.02 Å². The average molecular weight is 330 g/mol. The summed E-state index contributed by atoms with van der Waals surface area (Å²) in [6.45, 7) is 2.34. The summed E-state index contributed by atoms with van der Waals surface area (Å²) in [5, 5.41) is 10.8. The Balaban J connectivity index is 1.62. The van der Waals surface area contributed by atoms with Crippen molar-refractivity contribution in [3.05, 3.63) is 29.0 Å². The molecule has 1 aliphatic heterocycles. The van der Waals surface area contributed by atoms with Crippen LogP contribution in [-0.4, -0.2) is 54.6 Å². The molecule has 1 heterocycles. The van der Waals surface area contributed by atoms with Crippen LogP contribution in [0.1, 0.15) is 19.3 Å². The zero-order valence-electron chi connectivity index (χ0n) is 12.4. The van der Waals surface area contributed by atoms with Crippen molar-refractivity contribution in [3.63, 3.8) is 0 Å². The Bertz CT molecular complexity index is 526. The van der Waals surface area contributed by atoms with Gasteiger partial charge in [-0.15, -0.1) is 0 Å². The van der Waals surface area contributed by atoms with Crippen LogP contribution in [0.4, 0.5) is 4.39 Å². The molecule has 1 aromatic carbocycles. The molecule has 1 saturated carbocycles. The van der Waals surface area contributed by atoms with E-state index in [-0.39, 0.29) is 18.2 Å². The van der Waals surface area contributed by atoms with Crippen molar-refractivity contribution in [2.45, 2.75) is 30.9 Å². The molecule has 122 valence electrons. The maximum Gasteiger partial charge on any atom is 0.142 e. The highest BCUT2D eigenvalue weighted by Crippen LogP contribution is 2.28. The molecular weight excluding hydrogens is 309 g/mol. The van der Waals surface area contributed by atoms with Crippen molar-refractivity contribution in [3.8, 4) is 5.75 Å². The Labute approximate surface area is 134 Å². The summed E-state index contributed by atoms with van der Waals surface area (Å²) < 4.78 is 24.3. The topological polar surface area (TPSA) is 41.9 Å². The molecule has 0 bridgehead atoms. The molecule has 22 heavy (non-hydrogen) atoms. The van der Waals surface area contributed by atoms with E-state index in [0.29, 0.717) is 24.9 Å². The molecule has 1 aliphatic carbocycles. The summed E-state index contributed by atoms with van der Waals surface area (Å²) in [5.74, 6) is -0.0408. The minimum Gasteiger partial charge on any atom is -0.490 e. The van der Waals surface area contributed by atoms with Crippen LogP contribution in [0, 0.1) is 5.82 Å². The molecule has 1 atom stereocenters. The molecule has 0 spiro atoms. The fourth-order valence-corrected chi connectivity index (χ4v) is 3.05. The fraction of sp³-hybridized carbons (Fsp3) is 0.625. The zero-order valence-corrected chi connectivity index (χ0v) is 13.2. The number of nitrogens with zero attached hydrogens (tertiary/aromatic N) is 1. The van der Waals surface area contributed by atoms with Crippen molar-refractivity contribution in [2.75, 3.05) is 32.9 Å². The number of β-amino-alcohol motifs (C(OH)–C–C–N with tert-alkyl or cyclic N) is 1.